The zero-order chi connectivity index (χ0) is 13.8. The Kier molecular flexibility index (Phi) is 5.34. The summed E-state index contributed by atoms with van der Waals surface area (Å²) in [4.78, 5) is 27.7. The van der Waals surface area contributed by atoms with E-state index in [0.717, 1.165) is 19.3 Å². The van der Waals surface area contributed by atoms with Crippen molar-refractivity contribution in [1.82, 2.24) is 5.32 Å². The molecule has 1 rings (SSSR count). The Balaban J connectivity index is 2.72. The first-order chi connectivity index (χ1) is 8.30. The summed E-state index contributed by atoms with van der Waals surface area (Å²) in [7, 11) is 0. The first-order valence-electron chi connectivity index (χ1n) is 6.14. The van der Waals surface area contributed by atoms with Gasteiger partial charge in [-0.05, 0) is 0 Å². The van der Waals surface area contributed by atoms with Gasteiger partial charge in [0.1, 0.15) is 0 Å². The number of hydrogen-bond acceptors (Lipinski definition) is 3. The predicted molar refractivity (Wildman–Crippen MR) is 67.0 cm³/mol. The molecule has 1 aliphatic rings. The van der Waals surface area contributed by atoms with Crippen LogP contribution in [0.15, 0.2) is 4.99 Å². The van der Waals surface area contributed by atoms with Crippen LogP contribution in [0, 0.1) is 10.8 Å². The van der Waals surface area contributed by atoms with Gasteiger partial charge >= 0.3 is 119 Å². The molecular formula is C13H22IN2O2-. The number of nitrogens with zero attached hydrogens (tertiary/aromatic N) is 1. The van der Waals surface area contributed by atoms with Gasteiger partial charge in [-0.25, -0.2) is 0 Å². The number of nitrogens with one attached hydrogen (secondary N) is 1. The molecule has 0 aromatic heterocycles. The van der Waals surface area contributed by atoms with Crippen molar-refractivity contribution in [2.75, 3.05) is 11.5 Å². The molecule has 1 amide bonds. The Hall–Kier alpha value is -0.420. The SMILES string of the molecule is C[I-]C(=O)NCC1(C)CC(N=C=O)CC(C)(C)C1. The zero-order valence-corrected chi connectivity index (χ0v) is 13.7. The van der Waals surface area contributed by atoms with Crippen LogP contribution in [-0.4, -0.2) is 27.5 Å². The number of halogens is 1. The number of hydrogen-bond donors (Lipinski definition) is 1. The summed E-state index contributed by atoms with van der Waals surface area (Å²) in [6.07, 6.45) is 4.51. The minimum absolute atomic E-state index is 0.0291. The van der Waals surface area contributed by atoms with Crippen molar-refractivity contribution in [3.05, 3.63) is 0 Å². The van der Waals surface area contributed by atoms with Crippen molar-refractivity contribution in [1.29, 1.82) is 0 Å². The summed E-state index contributed by atoms with van der Waals surface area (Å²) in [5.74, 6) is 0. The van der Waals surface area contributed by atoms with Crippen LogP contribution in [0.3, 0.4) is 0 Å². The fourth-order valence-electron chi connectivity index (χ4n) is 3.23. The van der Waals surface area contributed by atoms with Gasteiger partial charge in [0.25, 0.3) is 0 Å². The number of rotatable bonds is 4. The molecule has 0 aliphatic heterocycles. The molecule has 2 unspecified atom stereocenters. The van der Waals surface area contributed by atoms with Crippen molar-refractivity contribution < 1.29 is 30.8 Å². The average Bonchev–Trinajstić information content (AvgIpc) is 2.23. The second kappa shape index (κ2) is 6.15. The summed E-state index contributed by atoms with van der Waals surface area (Å²) in [5, 5.41) is 3.01. The molecule has 1 N–H and O–H groups in total. The molecular weight excluding hydrogens is 343 g/mol. The van der Waals surface area contributed by atoms with Gasteiger partial charge < -0.3 is 0 Å². The second-order valence-corrected chi connectivity index (χ2v) is 8.31. The van der Waals surface area contributed by atoms with Gasteiger partial charge in [-0.3, -0.25) is 0 Å². The Morgan fingerprint density at radius 1 is 1.44 bits per heavy atom. The third-order valence-corrected chi connectivity index (χ3v) is 4.84. The number of alkyl halides is 1. The number of aliphatic imine (C=N–C) groups is 1. The third kappa shape index (κ3) is 4.69. The Labute approximate surface area is 119 Å². The molecule has 0 heterocycles. The molecule has 1 saturated carbocycles. The molecule has 2 atom stereocenters. The monoisotopic (exact) mass is 365 g/mol. The van der Waals surface area contributed by atoms with Gasteiger partial charge in [-0.15, -0.1) is 0 Å². The molecule has 4 nitrogen and oxygen atoms in total. The second-order valence-electron chi connectivity index (χ2n) is 6.25. The fourth-order valence-corrected chi connectivity index (χ4v) is 3.80. The van der Waals surface area contributed by atoms with E-state index < -0.39 is 0 Å². The summed E-state index contributed by atoms with van der Waals surface area (Å²) >= 11 is -0.386. The van der Waals surface area contributed by atoms with Crippen molar-refractivity contribution >= 4 is 9.99 Å². The van der Waals surface area contributed by atoms with Gasteiger partial charge in [0, 0.05) is 0 Å². The molecule has 0 spiro atoms. The van der Waals surface area contributed by atoms with Crippen LogP contribution in [0.4, 0.5) is 4.79 Å². The first kappa shape index (κ1) is 15.6. The summed E-state index contributed by atoms with van der Waals surface area (Å²) in [5.41, 5.74) is 0.186. The van der Waals surface area contributed by atoms with Crippen molar-refractivity contribution in [2.45, 2.75) is 46.1 Å². The fraction of sp³-hybridized carbons (Fsp3) is 0.846. The molecule has 5 heteroatoms. The van der Waals surface area contributed by atoms with Crippen LogP contribution in [0.1, 0.15) is 40.0 Å². The van der Waals surface area contributed by atoms with E-state index in [1.807, 2.05) is 4.93 Å². The average molecular weight is 365 g/mol. The van der Waals surface area contributed by atoms with E-state index in [1.165, 1.54) is 0 Å². The van der Waals surface area contributed by atoms with Gasteiger partial charge in [0.15, 0.2) is 0 Å². The summed E-state index contributed by atoms with van der Waals surface area (Å²) < 4.78 is 0.189. The van der Waals surface area contributed by atoms with Crippen LogP contribution >= 0.6 is 0 Å². The topological polar surface area (TPSA) is 58.5 Å². The molecule has 0 aromatic rings. The van der Waals surface area contributed by atoms with Crippen molar-refractivity contribution in [3.8, 4) is 0 Å². The van der Waals surface area contributed by atoms with E-state index in [2.05, 4.69) is 31.1 Å². The van der Waals surface area contributed by atoms with Gasteiger partial charge in [0.2, 0.25) is 0 Å². The van der Waals surface area contributed by atoms with Crippen LogP contribution in [0.5, 0.6) is 0 Å². The maximum absolute atomic E-state index is 11.4. The van der Waals surface area contributed by atoms with Gasteiger partial charge in [-0.2, -0.15) is 0 Å². The van der Waals surface area contributed by atoms with E-state index in [9.17, 15) is 9.59 Å². The molecule has 104 valence electrons. The van der Waals surface area contributed by atoms with E-state index in [4.69, 9.17) is 0 Å². The zero-order valence-electron chi connectivity index (χ0n) is 11.5. The van der Waals surface area contributed by atoms with Crippen molar-refractivity contribution in [3.63, 3.8) is 0 Å². The standard InChI is InChI=1S/C13H22IN2O2/c1-12(2)5-10(16-9-17)6-13(3,7-12)8-15-11(18)14-4/h10H,5-8H2,1-4H3,(H,15,18)/q-1. The Morgan fingerprint density at radius 3 is 2.67 bits per heavy atom. The Bertz CT molecular complexity index is 364. The normalized spacial score (nSPS) is 30.6. The molecule has 0 bridgehead atoms. The first-order valence-corrected chi connectivity index (χ1v) is 9.38. The van der Waals surface area contributed by atoms with Gasteiger partial charge in [-0.1, -0.05) is 0 Å². The molecule has 0 aromatic carbocycles. The van der Waals surface area contributed by atoms with E-state index >= 15 is 0 Å². The molecule has 0 radical (unpaired) electrons. The number of carbonyl (C=O) groups excluding carboxylic acids is 2. The maximum atomic E-state index is 11.4. The van der Waals surface area contributed by atoms with E-state index in [-0.39, 0.29) is 42.0 Å². The quantitative estimate of drug-likeness (QED) is 0.180. The molecule has 1 aliphatic carbocycles. The van der Waals surface area contributed by atoms with Crippen LogP contribution < -0.4 is 26.5 Å². The Morgan fingerprint density at radius 2 is 2.11 bits per heavy atom. The summed E-state index contributed by atoms with van der Waals surface area (Å²) in [6.45, 7) is 7.27. The van der Waals surface area contributed by atoms with E-state index in [1.54, 1.807) is 6.08 Å². The van der Waals surface area contributed by atoms with Gasteiger partial charge in [0.05, 0.1) is 0 Å². The molecule has 1 fully saturated rings. The number of carbonyl (C=O) groups is 1. The summed E-state index contributed by atoms with van der Waals surface area (Å²) in [6, 6.07) is 0.0458. The third-order valence-electron chi connectivity index (χ3n) is 3.48. The van der Waals surface area contributed by atoms with Crippen LogP contribution in [0.2, 0.25) is 0 Å². The minimum atomic E-state index is -0.386. The van der Waals surface area contributed by atoms with Crippen LogP contribution in [-0.2, 0) is 4.79 Å². The van der Waals surface area contributed by atoms with E-state index in [0.29, 0.717) is 6.54 Å². The predicted octanol–water partition coefficient (Wildman–Crippen LogP) is -0.664. The molecule has 0 saturated heterocycles. The molecule has 18 heavy (non-hydrogen) atoms. The van der Waals surface area contributed by atoms with Crippen molar-refractivity contribution in [2.24, 2.45) is 15.8 Å². The van der Waals surface area contributed by atoms with Crippen LogP contribution in [0.25, 0.3) is 0 Å². The number of amides is 1. The number of isocyanates is 1.